The Morgan fingerprint density at radius 3 is 2.57 bits per heavy atom. The predicted molar refractivity (Wildman–Crippen MR) is 80.6 cm³/mol. The van der Waals surface area contributed by atoms with Crippen molar-refractivity contribution in [1.82, 2.24) is 10.2 Å². The van der Waals surface area contributed by atoms with Crippen LogP contribution in [-0.2, 0) is 0 Å². The Balaban J connectivity index is 2.35. The highest BCUT2D eigenvalue weighted by Gasteiger charge is 2.34. The first kappa shape index (κ1) is 18.0. The van der Waals surface area contributed by atoms with Crippen molar-refractivity contribution in [2.24, 2.45) is 0 Å². The van der Waals surface area contributed by atoms with Crippen LogP contribution in [0.5, 0.6) is 0 Å². The van der Waals surface area contributed by atoms with Crippen LogP contribution < -0.4 is 5.32 Å². The van der Waals surface area contributed by atoms with E-state index in [0.29, 0.717) is 26.2 Å². The van der Waals surface area contributed by atoms with Crippen LogP contribution in [0.4, 0.5) is 18.9 Å². The number of nitrogens with one attached hydrogen (secondary N) is 1. The predicted octanol–water partition coefficient (Wildman–Crippen LogP) is 3.54. The summed E-state index contributed by atoms with van der Waals surface area (Å²) in [6.07, 6.45) is -5.53. The second kappa shape index (κ2) is 7.46. The van der Waals surface area contributed by atoms with Gasteiger partial charge >= 0.3 is 6.18 Å². The molecule has 1 atom stereocenters. The zero-order valence-corrected chi connectivity index (χ0v) is 13.0. The summed E-state index contributed by atoms with van der Waals surface area (Å²) in [4.78, 5) is 12.5. The number of halogens is 4. The molecule has 0 aromatic heterocycles. The maximum Gasteiger partial charge on any atom is 0.389 e. The Labute approximate surface area is 136 Å². The highest BCUT2D eigenvalue weighted by molar-refractivity contribution is 6.30. The van der Waals surface area contributed by atoms with Gasteiger partial charge in [-0.05, 0) is 18.6 Å². The number of nitro groups is 1. The summed E-state index contributed by atoms with van der Waals surface area (Å²) in [7, 11) is 0. The van der Waals surface area contributed by atoms with Crippen molar-refractivity contribution in [2.45, 2.75) is 25.1 Å². The summed E-state index contributed by atoms with van der Waals surface area (Å²) in [6, 6.07) is 3.35. The van der Waals surface area contributed by atoms with Crippen molar-refractivity contribution in [3.8, 4) is 0 Å². The minimum Gasteiger partial charge on any atom is -0.314 e. The van der Waals surface area contributed by atoms with E-state index < -0.39 is 23.6 Å². The fraction of sp³-hybridized carbons (Fsp3) is 0.571. The van der Waals surface area contributed by atoms with Crippen molar-refractivity contribution in [1.29, 1.82) is 0 Å². The molecule has 5 nitrogen and oxygen atoms in total. The van der Waals surface area contributed by atoms with Crippen LogP contribution in [0, 0.1) is 10.1 Å². The van der Waals surface area contributed by atoms with Gasteiger partial charge in [-0.2, -0.15) is 13.2 Å². The number of hydrogen-bond acceptors (Lipinski definition) is 4. The number of hydrogen-bond donors (Lipinski definition) is 1. The van der Waals surface area contributed by atoms with Crippen LogP contribution in [0.2, 0.25) is 5.02 Å². The number of alkyl halides is 3. The molecule has 0 unspecified atom stereocenters. The summed E-state index contributed by atoms with van der Waals surface area (Å²) < 4.78 is 37.9. The molecule has 1 aromatic carbocycles. The third kappa shape index (κ3) is 5.05. The minimum absolute atomic E-state index is 0.194. The van der Waals surface area contributed by atoms with Gasteiger partial charge in [0.15, 0.2) is 0 Å². The standard InChI is InChI=1S/C14H17ClF3N3O2/c15-10-1-2-13(21(22)23)11(9-10)12(3-4-14(16,17)18)20-7-5-19-6-8-20/h1-2,9,12,19H,3-8H2/t12-/m1/s1. The van der Waals surface area contributed by atoms with E-state index in [0.717, 1.165) is 0 Å². The number of nitrogens with zero attached hydrogens (tertiary/aromatic N) is 2. The van der Waals surface area contributed by atoms with Gasteiger partial charge in [0, 0.05) is 55.3 Å². The Hall–Kier alpha value is -1.38. The topological polar surface area (TPSA) is 58.4 Å². The van der Waals surface area contributed by atoms with Gasteiger partial charge in [-0.15, -0.1) is 0 Å². The van der Waals surface area contributed by atoms with E-state index in [1.54, 1.807) is 0 Å². The molecule has 128 valence electrons. The third-order valence-electron chi connectivity index (χ3n) is 3.84. The molecule has 0 radical (unpaired) electrons. The quantitative estimate of drug-likeness (QED) is 0.651. The molecule has 0 saturated carbocycles. The van der Waals surface area contributed by atoms with Gasteiger partial charge in [-0.3, -0.25) is 15.0 Å². The molecule has 23 heavy (non-hydrogen) atoms. The first-order chi connectivity index (χ1) is 10.8. The molecule has 2 rings (SSSR count). The van der Waals surface area contributed by atoms with Crippen LogP contribution in [0.1, 0.15) is 24.4 Å². The lowest BCUT2D eigenvalue weighted by Gasteiger charge is -2.35. The Kier molecular flexibility index (Phi) is 5.83. The monoisotopic (exact) mass is 351 g/mol. The average Bonchev–Trinajstić information content (AvgIpc) is 2.47. The SMILES string of the molecule is O=[N+]([O-])c1ccc(Cl)cc1[C@@H](CCC(F)(F)F)N1CCNCC1. The highest BCUT2D eigenvalue weighted by atomic mass is 35.5. The lowest BCUT2D eigenvalue weighted by molar-refractivity contribution is -0.386. The molecule has 1 N–H and O–H groups in total. The fourth-order valence-corrected chi connectivity index (χ4v) is 2.97. The highest BCUT2D eigenvalue weighted by Crippen LogP contribution is 2.37. The van der Waals surface area contributed by atoms with Crippen LogP contribution in [0.15, 0.2) is 18.2 Å². The largest absolute Gasteiger partial charge is 0.389 e. The molecular weight excluding hydrogens is 335 g/mol. The van der Waals surface area contributed by atoms with E-state index in [2.05, 4.69) is 5.32 Å². The van der Waals surface area contributed by atoms with Gasteiger partial charge in [0.2, 0.25) is 0 Å². The van der Waals surface area contributed by atoms with Crippen molar-refractivity contribution in [2.75, 3.05) is 26.2 Å². The van der Waals surface area contributed by atoms with Gasteiger partial charge in [0.05, 0.1) is 4.92 Å². The zero-order valence-electron chi connectivity index (χ0n) is 12.3. The fourth-order valence-electron chi connectivity index (χ4n) is 2.79. The maximum atomic E-state index is 12.6. The van der Waals surface area contributed by atoms with Crippen molar-refractivity contribution >= 4 is 17.3 Å². The van der Waals surface area contributed by atoms with Crippen LogP contribution in [-0.4, -0.2) is 42.2 Å². The summed E-state index contributed by atoms with van der Waals surface area (Å²) in [5.74, 6) is 0. The van der Waals surface area contributed by atoms with E-state index in [1.807, 2.05) is 4.90 Å². The third-order valence-corrected chi connectivity index (χ3v) is 4.07. The summed E-state index contributed by atoms with van der Waals surface area (Å²) >= 11 is 5.92. The first-order valence-electron chi connectivity index (χ1n) is 7.23. The summed E-state index contributed by atoms with van der Waals surface area (Å²) in [5.41, 5.74) is 0.0498. The van der Waals surface area contributed by atoms with Crippen LogP contribution in [0.3, 0.4) is 0 Å². The van der Waals surface area contributed by atoms with Crippen molar-refractivity contribution in [3.63, 3.8) is 0 Å². The summed E-state index contributed by atoms with van der Waals surface area (Å²) in [6.45, 7) is 2.34. The van der Waals surface area contributed by atoms with Gasteiger partial charge < -0.3 is 5.32 Å². The number of piperazine rings is 1. The molecule has 0 bridgehead atoms. The van der Waals surface area contributed by atoms with Crippen LogP contribution >= 0.6 is 11.6 Å². The summed E-state index contributed by atoms with van der Waals surface area (Å²) in [5, 5.41) is 14.6. The molecule has 1 aromatic rings. The van der Waals surface area contributed by atoms with Gasteiger partial charge in [0.1, 0.15) is 0 Å². The molecule has 1 saturated heterocycles. The zero-order chi connectivity index (χ0) is 17.0. The lowest BCUT2D eigenvalue weighted by Crippen LogP contribution is -2.45. The van der Waals surface area contributed by atoms with Gasteiger partial charge in [0.25, 0.3) is 5.69 Å². The Morgan fingerprint density at radius 2 is 2.00 bits per heavy atom. The lowest BCUT2D eigenvalue weighted by atomic mass is 9.97. The molecule has 9 heteroatoms. The number of benzene rings is 1. The first-order valence-corrected chi connectivity index (χ1v) is 7.61. The Bertz CT molecular complexity index is 563. The molecule has 0 amide bonds. The second-order valence-electron chi connectivity index (χ2n) is 5.42. The molecule has 1 heterocycles. The smallest absolute Gasteiger partial charge is 0.314 e. The molecule has 0 spiro atoms. The Morgan fingerprint density at radius 1 is 1.35 bits per heavy atom. The average molecular weight is 352 g/mol. The van der Waals surface area contributed by atoms with E-state index in [9.17, 15) is 23.3 Å². The van der Waals surface area contributed by atoms with Crippen molar-refractivity contribution < 1.29 is 18.1 Å². The minimum atomic E-state index is -4.31. The number of nitro benzene ring substituents is 1. The van der Waals surface area contributed by atoms with Gasteiger partial charge in [-0.1, -0.05) is 11.6 Å². The normalized spacial score (nSPS) is 17.9. The van der Waals surface area contributed by atoms with E-state index in [1.165, 1.54) is 18.2 Å². The van der Waals surface area contributed by atoms with Gasteiger partial charge in [-0.25, -0.2) is 0 Å². The second-order valence-corrected chi connectivity index (χ2v) is 5.85. The van der Waals surface area contributed by atoms with Crippen LogP contribution in [0.25, 0.3) is 0 Å². The molecule has 1 aliphatic heterocycles. The van der Waals surface area contributed by atoms with E-state index in [4.69, 9.17) is 11.6 Å². The molecule has 1 fully saturated rings. The van der Waals surface area contributed by atoms with E-state index >= 15 is 0 Å². The van der Waals surface area contributed by atoms with Crippen molar-refractivity contribution in [3.05, 3.63) is 38.9 Å². The maximum absolute atomic E-state index is 12.6. The number of rotatable bonds is 5. The molecular formula is C14H17ClF3N3O2. The molecule has 1 aliphatic rings. The van der Waals surface area contributed by atoms with E-state index in [-0.39, 0.29) is 22.7 Å². The molecule has 0 aliphatic carbocycles.